The Balaban J connectivity index is 1.63. The van der Waals surface area contributed by atoms with Gasteiger partial charge in [0.2, 0.25) is 0 Å². The SMILES string of the molecule is Cc1nc(SCC(O)COc2ccc(Cl)cc2)c(C#N)c2c1CCCC2. The summed E-state index contributed by atoms with van der Waals surface area (Å²) in [4.78, 5) is 4.63. The number of aliphatic hydroxyl groups is 1. The van der Waals surface area contributed by atoms with E-state index in [0.717, 1.165) is 42.0 Å². The van der Waals surface area contributed by atoms with Crippen LogP contribution >= 0.6 is 23.4 Å². The Kier molecular flexibility index (Phi) is 6.42. The van der Waals surface area contributed by atoms with E-state index in [2.05, 4.69) is 11.1 Å². The summed E-state index contributed by atoms with van der Waals surface area (Å²) >= 11 is 7.26. The molecule has 0 spiro atoms. The molecular weight excluding hydrogens is 368 g/mol. The number of fused-ring (bicyclic) bond motifs is 1. The van der Waals surface area contributed by atoms with Crippen molar-refractivity contribution >= 4 is 23.4 Å². The molecule has 1 unspecified atom stereocenters. The zero-order valence-corrected chi connectivity index (χ0v) is 16.2. The molecule has 1 heterocycles. The van der Waals surface area contributed by atoms with Crippen LogP contribution in [0.3, 0.4) is 0 Å². The summed E-state index contributed by atoms with van der Waals surface area (Å²) in [5, 5.41) is 21.2. The van der Waals surface area contributed by atoms with Crippen molar-refractivity contribution in [3.63, 3.8) is 0 Å². The average molecular weight is 389 g/mol. The number of aryl methyl sites for hydroxylation is 1. The molecule has 0 aliphatic heterocycles. The summed E-state index contributed by atoms with van der Waals surface area (Å²) < 4.78 is 5.57. The number of thioether (sulfide) groups is 1. The van der Waals surface area contributed by atoms with Crippen LogP contribution in [0.5, 0.6) is 5.75 Å². The van der Waals surface area contributed by atoms with E-state index in [9.17, 15) is 10.4 Å². The summed E-state index contributed by atoms with van der Waals surface area (Å²) in [7, 11) is 0. The van der Waals surface area contributed by atoms with E-state index in [1.165, 1.54) is 17.3 Å². The Morgan fingerprint density at radius 2 is 1.96 bits per heavy atom. The van der Waals surface area contributed by atoms with Crippen LogP contribution in [-0.4, -0.2) is 28.6 Å². The lowest BCUT2D eigenvalue weighted by atomic mass is 9.88. The topological polar surface area (TPSA) is 66.1 Å². The maximum absolute atomic E-state index is 10.2. The minimum Gasteiger partial charge on any atom is -0.491 e. The predicted octanol–water partition coefficient (Wildman–Crippen LogP) is 4.33. The maximum atomic E-state index is 10.2. The normalized spacial score (nSPS) is 14.4. The van der Waals surface area contributed by atoms with Crippen LogP contribution in [0.1, 0.15) is 35.2 Å². The molecule has 4 nitrogen and oxygen atoms in total. The molecule has 26 heavy (non-hydrogen) atoms. The minimum atomic E-state index is -0.652. The predicted molar refractivity (Wildman–Crippen MR) is 104 cm³/mol. The number of rotatable bonds is 6. The van der Waals surface area contributed by atoms with Crippen molar-refractivity contribution in [2.45, 2.75) is 43.7 Å². The molecule has 136 valence electrons. The highest BCUT2D eigenvalue weighted by atomic mass is 35.5. The van der Waals surface area contributed by atoms with E-state index in [0.29, 0.717) is 22.1 Å². The van der Waals surface area contributed by atoms with E-state index in [1.807, 2.05) is 6.92 Å². The number of aliphatic hydroxyl groups excluding tert-OH is 1. The van der Waals surface area contributed by atoms with Crippen molar-refractivity contribution in [2.24, 2.45) is 0 Å². The second kappa shape index (κ2) is 8.77. The third kappa shape index (κ3) is 4.50. The monoisotopic (exact) mass is 388 g/mol. The van der Waals surface area contributed by atoms with Gasteiger partial charge in [0, 0.05) is 16.5 Å². The van der Waals surface area contributed by atoms with Crippen molar-refractivity contribution in [1.82, 2.24) is 4.98 Å². The van der Waals surface area contributed by atoms with Crippen LogP contribution in [0.4, 0.5) is 0 Å². The van der Waals surface area contributed by atoms with Crippen LogP contribution < -0.4 is 4.74 Å². The lowest BCUT2D eigenvalue weighted by Crippen LogP contribution is -2.20. The molecule has 0 radical (unpaired) electrons. The molecule has 1 aliphatic carbocycles. The molecule has 1 aliphatic rings. The molecule has 1 atom stereocenters. The van der Waals surface area contributed by atoms with Gasteiger partial charge in [0.25, 0.3) is 0 Å². The van der Waals surface area contributed by atoms with E-state index in [-0.39, 0.29) is 6.61 Å². The minimum absolute atomic E-state index is 0.181. The van der Waals surface area contributed by atoms with E-state index < -0.39 is 6.10 Å². The first-order chi connectivity index (χ1) is 12.6. The van der Waals surface area contributed by atoms with Crippen LogP contribution in [-0.2, 0) is 12.8 Å². The van der Waals surface area contributed by atoms with Gasteiger partial charge in [-0.15, -0.1) is 11.8 Å². The third-order valence-electron chi connectivity index (χ3n) is 4.47. The first-order valence-electron chi connectivity index (χ1n) is 8.70. The maximum Gasteiger partial charge on any atom is 0.119 e. The van der Waals surface area contributed by atoms with Gasteiger partial charge in [0.1, 0.15) is 23.5 Å². The smallest absolute Gasteiger partial charge is 0.119 e. The molecule has 0 bridgehead atoms. The first-order valence-corrected chi connectivity index (χ1v) is 10.1. The van der Waals surface area contributed by atoms with E-state index >= 15 is 0 Å². The van der Waals surface area contributed by atoms with Crippen molar-refractivity contribution in [2.75, 3.05) is 12.4 Å². The lowest BCUT2D eigenvalue weighted by Gasteiger charge is -2.21. The fourth-order valence-corrected chi connectivity index (χ4v) is 4.24. The van der Waals surface area contributed by atoms with Gasteiger partial charge in [-0.2, -0.15) is 5.26 Å². The number of nitrogens with zero attached hydrogens (tertiary/aromatic N) is 2. The van der Waals surface area contributed by atoms with Gasteiger partial charge >= 0.3 is 0 Å². The van der Waals surface area contributed by atoms with Crippen molar-refractivity contribution in [3.8, 4) is 11.8 Å². The number of pyridine rings is 1. The molecule has 0 saturated heterocycles. The summed E-state index contributed by atoms with van der Waals surface area (Å²) in [5.41, 5.74) is 4.08. The van der Waals surface area contributed by atoms with Crippen LogP contribution in [0.25, 0.3) is 0 Å². The number of benzene rings is 1. The number of ether oxygens (including phenoxy) is 1. The molecule has 0 amide bonds. The Labute approximate surface area is 163 Å². The number of hydrogen-bond acceptors (Lipinski definition) is 5. The van der Waals surface area contributed by atoms with Gasteiger partial charge in [-0.25, -0.2) is 4.98 Å². The molecular formula is C20H21ClN2O2S. The Morgan fingerprint density at radius 1 is 1.27 bits per heavy atom. The molecule has 2 aromatic rings. The fourth-order valence-electron chi connectivity index (χ4n) is 3.15. The lowest BCUT2D eigenvalue weighted by molar-refractivity contribution is 0.126. The van der Waals surface area contributed by atoms with Crippen molar-refractivity contribution in [1.29, 1.82) is 5.26 Å². The third-order valence-corrected chi connectivity index (χ3v) is 5.84. The van der Waals surface area contributed by atoms with Gasteiger partial charge in [0.05, 0.1) is 11.7 Å². The summed E-state index contributed by atoms with van der Waals surface area (Å²) in [6, 6.07) is 9.36. The quantitative estimate of drug-likeness (QED) is 0.746. The summed E-state index contributed by atoms with van der Waals surface area (Å²) in [5.74, 6) is 1.09. The Hall–Kier alpha value is -1.74. The highest BCUT2D eigenvalue weighted by Crippen LogP contribution is 2.32. The number of aromatic nitrogens is 1. The zero-order chi connectivity index (χ0) is 18.5. The Bertz CT molecular complexity index is 818. The molecule has 3 rings (SSSR count). The average Bonchev–Trinajstić information content (AvgIpc) is 2.66. The molecule has 0 saturated carbocycles. The van der Waals surface area contributed by atoms with Gasteiger partial charge in [0.15, 0.2) is 0 Å². The Morgan fingerprint density at radius 3 is 2.65 bits per heavy atom. The zero-order valence-electron chi connectivity index (χ0n) is 14.7. The van der Waals surface area contributed by atoms with Crippen molar-refractivity contribution in [3.05, 3.63) is 51.7 Å². The van der Waals surface area contributed by atoms with Crippen LogP contribution in [0.15, 0.2) is 29.3 Å². The fraction of sp³-hybridized carbons (Fsp3) is 0.400. The summed E-state index contributed by atoms with van der Waals surface area (Å²) in [6.45, 7) is 2.19. The largest absolute Gasteiger partial charge is 0.491 e. The number of halogens is 1. The standard InChI is InChI=1S/C20H21ClN2O2S/c1-13-17-4-2-3-5-18(17)19(10-22)20(23-13)26-12-15(24)11-25-16-8-6-14(21)7-9-16/h6-9,15,24H,2-5,11-12H2,1H3. The van der Waals surface area contributed by atoms with Gasteiger partial charge in [-0.1, -0.05) is 11.6 Å². The highest BCUT2D eigenvalue weighted by Gasteiger charge is 2.21. The van der Waals surface area contributed by atoms with E-state index in [1.54, 1.807) is 24.3 Å². The van der Waals surface area contributed by atoms with Gasteiger partial charge in [-0.05, 0) is 68.0 Å². The first kappa shape index (κ1) is 19.0. The molecule has 1 aromatic heterocycles. The van der Waals surface area contributed by atoms with Crippen LogP contribution in [0, 0.1) is 18.3 Å². The number of nitriles is 1. The van der Waals surface area contributed by atoms with Crippen molar-refractivity contribution < 1.29 is 9.84 Å². The highest BCUT2D eigenvalue weighted by molar-refractivity contribution is 7.99. The summed E-state index contributed by atoms with van der Waals surface area (Å²) in [6.07, 6.45) is 3.57. The molecule has 1 N–H and O–H groups in total. The molecule has 6 heteroatoms. The molecule has 1 aromatic carbocycles. The second-order valence-electron chi connectivity index (χ2n) is 6.38. The van der Waals surface area contributed by atoms with Crippen LogP contribution in [0.2, 0.25) is 5.02 Å². The van der Waals surface area contributed by atoms with Gasteiger partial charge < -0.3 is 9.84 Å². The van der Waals surface area contributed by atoms with Gasteiger partial charge in [-0.3, -0.25) is 0 Å². The number of hydrogen-bond donors (Lipinski definition) is 1. The molecule has 0 fully saturated rings. The van der Waals surface area contributed by atoms with E-state index in [4.69, 9.17) is 16.3 Å². The second-order valence-corrected chi connectivity index (χ2v) is 7.83.